The number of benzene rings is 6. The summed E-state index contributed by atoms with van der Waals surface area (Å²) in [5.74, 6) is -0.0452. The molecule has 326 valence electrons. The number of unbranched alkanes of at least 4 members (excludes halogenated alkanes) is 1. The normalized spacial score (nSPS) is 16.4. The summed E-state index contributed by atoms with van der Waals surface area (Å²) in [6.07, 6.45) is 1.19. The Morgan fingerprint density at radius 1 is 0.516 bits per heavy atom. The highest BCUT2D eigenvalue weighted by Crippen LogP contribution is 2.42. The van der Waals surface area contributed by atoms with E-state index in [1.807, 2.05) is 133 Å². The lowest BCUT2D eigenvalue weighted by Crippen LogP contribution is -2.47. The average molecular weight is 859 g/mol. The number of fused-ring (bicyclic) bond motifs is 2. The van der Waals surface area contributed by atoms with Gasteiger partial charge in [-0.1, -0.05) is 121 Å². The van der Waals surface area contributed by atoms with Crippen LogP contribution in [0.1, 0.15) is 61.0 Å². The number of hydrogen-bond acceptors (Lipinski definition) is 8. The molecule has 12 nitrogen and oxygen atoms in total. The van der Waals surface area contributed by atoms with Crippen molar-refractivity contribution in [3.63, 3.8) is 0 Å². The number of allylic oxidation sites excluding steroid dienone is 2. The van der Waals surface area contributed by atoms with E-state index in [0.29, 0.717) is 71.2 Å². The third-order valence-electron chi connectivity index (χ3n) is 11.9. The summed E-state index contributed by atoms with van der Waals surface area (Å²) in [5, 5.41) is 9.71. The zero-order valence-corrected chi connectivity index (χ0v) is 36.3. The Morgan fingerprint density at radius 2 is 0.891 bits per heavy atom. The van der Waals surface area contributed by atoms with Crippen molar-refractivity contribution in [3.8, 4) is 11.5 Å². The summed E-state index contributed by atoms with van der Waals surface area (Å²) in [5.41, 5.74) is 4.77. The Balaban J connectivity index is 1.03. The van der Waals surface area contributed by atoms with Gasteiger partial charge in [-0.2, -0.15) is 0 Å². The van der Waals surface area contributed by atoms with E-state index in [1.165, 1.54) is 14.2 Å². The first-order valence-corrected chi connectivity index (χ1v) is 21.3. The van der Waals surface area contributed by atoms with Gasteiger partial charge in [0.1, 0.15) is 11.5 Å². The minimum Gasteiger partial charge on any atom is -0.493 e. The van der Waals surface area contributed by atoms with Gasteiger partial charge < -0.3 is 29.6 Å². The number of ether oxygens (including phenoxy) is 4. The number of carbonyl (C=O) groups is 4. The van der Waals surface area contributed by atoms with Gasteiger partial charge in [-0.15, -0.1) is 0 Å². The molecule has 0 saturated heterocycles. The SMILES string of the molecule is COC(=O)C1=C(C)N(Cc2ccccc2)C(=O)NC1c1c(OCCCCOc2ccc3ccccc3c2C2NC(=O)N(Cc3ccccc3)C(C)=C2C(=O)OC)ccc2ccccc12. The Morgan fingerprint density at radius 3 is 1.28 bits per heavy atom. The molecule has 0 aliphatic carbocycles. The minimum absolute atomic E-state index is 0.277. The zero-order chi connectivity index (χ0) is 44.7. The number of nitrogens with zero attached hydrogens (tertiary/aromatic N) is 2. The van der Waals surface area contributed by atoms with E-state index < -0.39 is 24.0 Å². The molecule has 8 rings (SSSR count). The van der Waals surface area contributed by atoms with Crippen LogP contribution in [0.2, 0.25) is 0 Å². The lowest BCUT2D eigenvalue weighted by molar-refractivity contribution is -0.137. The van der Waals surface area contributed by atoms with Gasteiger partial charge in [-0.3, -0.25) is 9.80 Å². The van der Waals surface area contributed by atoms with Crippen LogP contribution < -0.4 is 20.1 Å². The van der Waals surface area contributed by atoms with Crippen molar-refractivity contribution >= 4 is 45.5 Å². The fourth-order valence-electron chi connectivity index (χ4n) is 8.62. The molecule has 0 saturated carbocycles. The molecular formula is C52H50N4O8. The number of urea groups is 2. The number of rotatable bonds is 15. The van der Waals surface area contributed by atoms with E-state index >= 15 is 0 Å². The summed E-state index contributed by atoms with van der Waals surface area (Å²) in [6.45, 7) is 4.70. The maximum absolute atomic E-state index is 13.8. The van der Waals surface area contributed by atoms with Crippen LogP contribution in [0.25, 0.3) is 21.5 Å². The summed E-state index contributed by atoms with van der Waals surface area (Å²) < 4.78 is 23.6. The van der Waals surface area contributed by atoms with Gasteiger partial charge in [0, 0.05) is 22.5 Å². The Hall–Kier alpha value is -7.60. The van der Waals surface area contributed by atoms with E-state index in [4.69, 9.17) is 18.9 Å². The molecule has 2 aliphatic heterocycles. The Bertz CT molecular complexity index is 2600. The van der Waals surface area contributed by atoms with Gasteiger partial charge in [-0.05, 0) is 71.5 Å². The van der Waals surface area contributed by atoms with Crippen LogP contribution >= 0.6 is 0 Å². The number of methoxy groups -OCH3 is 2. The molecule has 2 N–H and O–H groups in total. The Kier molecular flexibility index (Phi) is 12.9. The summed E-state index contributed by atoms with van der Waals surface area (Å²) in [4.78, 5) is 58.0. The predicted molar refractivity (Wildman–Crippen MR) is 244 cm³/mol. The van der Waals surface area contributed by atoms with E-state index in [2.05, 4.69) is 10.6 Å². The molecule has 2 heterocycles. The first-order valence-electron chi connectivity index (χ1n) is 21.3. The van der Waals surface area contributed by atoms with Crippen LogP contribution in [-0.2, 0) is 32.2 Å². The zero-order valence-electron chi connectivity index (χ0n) is 36.3. The molecule has 0 fully saturated rings. The molecule has 2 atom stereocenters. The van der Waals surface area contributed by atoms with Crippen molar-refractivity contribution in [2.45, 2.75) is 51.9 Å². The second-order valence-corrected chi connectivity index (χ2v) is 15.7. The molecule has 0 radical (unpaired) electrons. The quantitative estimate of drug-likeness (QED) is 0.0770. The molecule has 2 aliphatic rings. The van der Waals surface area contributed by atoms with Gasteiger partial charge in [0.05, 0.1) is 63.8 Å². The van der Waals surface area contributed by atoms with Crippen molar-refractivity contribution in [3.05, 3.63) is 178 Å². The molecule has 6 aromatic rings. The standard InChI is InChI=1S/C52H50N4O8/c1-33-43(49(57)61-3)47(53-51(59)55(33)31-35-17-7-5-8-18-35)45-39-23-13-11-21-37(39)25-27-41(45)63-29-15-16-30-64-42-28-26-38-22-12-14-24-40(38)46(42)48-44(50(58)62-4)34(2)56(52(60)54-48)32-36-19-9-6-10-20-36/h5-14,17-28,47-48H,15-16,29-32H2,1-4H3,(H,53,59)(H,54,60). The molecule has 4 amide bonds. The smallest absolute Gasteiger partial charge is 0.337 e. The van der Waals surface area contributed by atoms with Crippen LogP contribution in [-0.4, -0.2) is 61.2 Å². The van der Waals surface area contributed by atoms with Crippen molar-refractivity contribution in [1.82, 2.24) is 20.4 Å². The number of hydrogen-bond donors (Lipinski definition) is 2. The van der Waals surface area contributed by atoms with E-state index in [9.17, 15) is 19.2 Å². The molecule has 0 spiro atoms. The van der Waals surface area contributed by atoms with Gasteiger partial charge in [-0.25, -0.2) is 19.2 Å². The summed E-state index contributed by atoms with van der Waals surface area (Å²) in [6, 6.07) is 40.1. The maximum Gasteiger partial charge on any atom is 0.337 e. The third kappa shape index (κ3) is 8.72. The highest BCUT2D eigenvalue weighted by atomic mass is 16.5. The highest BCUT2D eigenvalue weighted by molar-refractivity contribution is 5.99. The second kappa shape index (κ2) is 19.2. The molecule has 12 heteroatoms. The van der Waals surface area contributed by atoms with Crippen molar-refractivity contribution in [1.29, 1.82) is 0 Å². The van der Waals surface area contributed by atoms with Gasteiger partial charge in [0.25, 0.3) is 0 Å². The monoisotopic (exact) mass is 858 g/mol. The first kappa shape index (κ1) is 43.1. The van der Waals surface area contributed by atoms with Crippen LogP contribution in [0.5, 0.6) is 11.5 Å². The fourth-order valence-corrected chi connectivity index (χ4v) is 8.62. The second-order valence-electron chi connectivity index (χ2n) is 15.7. The van der Waals surface area contributed by atoms with Crippen molar-refractivity contribution in [2.75, 3.05) is 27.4 Å². The number of nitrogens with one attached hydrogen (secondary N) is 2. The van der Waals surface area contributed by atoms with Gasteiger partial charge in [0.2, 0.25) is 0 Å². The number of amides is 4. The predicted octanol–water partition coefficient (Wildman–Crippen LogP) is 9.66. The number of esters is 2. The average Bonchev–Trinajstić information content (AvgIpc) is 3.32. The molecule has 2 unspecified atom stereocenters. The molecule has 0 aromatic heterocycles. The van der Waals surface area contributed by atoms with Crippen LogP contribution in [0.4, 0.5) is 9.59 Å². The number of carbonyl (C=O) groups excluding carboxylic acids is 4. The van der Waals surface area contributed by atoms with Gasteiger partial charge in [0.15, 0.2) is 0 Å². The lowest BCUT2D eigenvalue weighted by atomic mass is 9.90. The summed E-state index contributed by atoms with van der Waals surface area (Å²) in [7, 11) is 2.67. The van der Waals surface area contributed by atoms with Crippen LogP contribution in [0.3, 0.4) is 0 Å². The third-order valence-corrected chi connectivity index (χ3v) is 11.9. The topological polar surface area (TPSA) is 136 Å². The minimum atomic E-state index is -0.846. The molecule has 6 aromatic carbocycles. The van der Waals surface area contributed by atoms with E-state index in [1.54, 1.807) is 23.6 Å². The molecular weight excluding hydrogens is 809 g/mol. The summed E-state index contributed by atoms with van der Waals surface area (Å²) >= 11 is 0. The first-order chi connectivity index (χ1) is 31.2. The molecule has 64 heavy (non-hydrogen) atoms. The van der Waals surface area contributed by atoms with Crippen LogP contribution in [0.15, 0.2) is 156 Å². The highest BCUT2D eigenvalue weighted by Gasteiger charge is 2.40. The van der Waals surface area contributed by atoms with Crippen LogP contribution in [0, 0.1) is 0 Å². The fraction of sp³-hybridized carbons (Fsp3) is 0.231. The largest absolute Gasteiger partial charge is 0.493 e. The Labute approximate surface area is 372 Å². The lowest BCUT2D eigenvalue weighted by Gasteiger charge is -2.36. The van der Waals surface area contributed by atoms with Gasteiger partial charge >= 0.3 is 24.0 Å². The van der Waals surface area contributed by atoms with Crippen molar-refractivity contribution < 1.29 is 38.1 Å². The van der Waals surface area contributed by atoms with Crippen molar-refractivity contribution in [2.24, 2.45) is 0 Å². The van der Waals surface area contributed by atoms with E-state index in [-0.39, 0.29) is 25.2 Å². The molecule has 0 bridgehead atoms. The van der Waals surface area contributed by atoms with E-state index in [0.717, 1.165) is 32.7 Å². The maximum atomic E-state index is 13.8.